The summed E-state index contributed by atoms with van der Waals surface area (Å²) in [5, 5.41) is 9.32. The van der Waals surface area contributed by atoms with Gasteiger partial charge in [0.1, 0.15) is 0 Å². The summed E-state index contributed by atoms with van der Waals surface area (Å²) < 4.78 is 18.9. The maximum absolute atomic E-state index is 13.5. The Kier molecular flexibility index (Phi) is 3.58. The van der Waals surface area contributed by atoms with Crippen molar-refractivity contribution in [2.45, 2.75) is 20.5 Å². The van der Waals surface area contributed by atoms with Crippen LogP contribution in [0.2, 0.25) is 0 Å². The van der Waals surface area contributed by atoms with E-state index in [9.17, 15) is 9.50 Å². The smallest absolute Gasteiger partial charge is 0.225 e. The Bertz CT molecular complexity index is 570. The van der Waals surface area contributed by atoms with Crippen molar-refractivity contribution >= 4 is 0 Å². The van der Waals surface area contributed by atoms with Crippen LogP contribution in [-0.4, -0.2) is 10.1 Å². The number of rotatable bonds is 3. The molecule has 2 aromatic rings. The first-order valence-corrected chi connectivity index (χ1v) is 5.62. The molecule has 0 amide bonds. The maximum Gasteiger partial charge on any atom is 0.225 e. The average Bonchev–Trinajstić information content (AvgIpc) is 2.31. The molecule has 0 atom stereocenters. The zero-order valence-corrected chi connectivity index (χ0v) is 10.3. The van der Waals surface area contributed by atoms with Crippen LogP contribution in [0, 0.1) is 19.7 Å². The lowest BCUT2D eigenvalue weighted by atomic mass is 10.1. The van der Waals surface area contributed by atoms with Crippen LogP contribution < -0.4 is 4.74 Å². The summed E-state index contributed by atoms with van der Waals surface area (Å²) in [5.74, 6) is -0.104. The zero-order chi connectivity index (χ0) is 13.1. The molecule has 2 rings (SSSR count). The van der Waals surface area contributed by atoms with Crippen molar-refractivity contribution in [3.63, 3.8) is 0 Å². The van der Waals surface area contributed by atoms with Crippen molar-refractivity contribution in [2.75, 3.05) is 0 Å². The van der Waals surface area contributed by atoms with E-state index in [0.717, 1.165) is 11.3 Å². The summed E-state index contributed by atoms with van der Waals surface area (Å²) in [7, 11) is 0. The van der Waals surface area contributed by atoms with Gasteiger partial charge in [-0.25, -0.2) is 9.37 Å². The van der Waals surface area contributed by atoms with Gasteiger partial charge in [-0.15, -0.1) is 0 Å². The normalized spacial score (nSPS) is 10.4. The molecule has 0 aliphatic rings. The minimum absolute atomic E-state index is 0.102. The predicted octanol–water partition coefficient (Wildman–Crippen LogP) is 3.12. The molecule has 0 spiro atoms. The standard InChI is InChI=1S/C14H14FNO2/c1-9-7-10(2)16-14(11(9)8-17)18-13-6-4-3-5-12(13)15/h3-7,17H,8H2,1-2H3. The van der Waals surface area contributed by atoms with Gasteiger partial charge < -0.3 is 9.84 Å². The molecule has 0 saturated carbocycles. The first-order chi connectivity index (χ1) is 8.61. The quantitative estimate of drug-likeness (QED) is 0.906. The second kappa shape index (κ2) is 5.14. The monoisotopic (exact) mass is 247 g/mol. The van der Waals surface area contributed by atoms with Crippen LogP contribution in [0.1, 0.15) is 16.8 Å². The minimum atomic E-state index is -0.456. The van der Waals surface area contributed by atoms with Crippen LogP contribution in [0.15, 0.2) is 30.3 Å². The molecule has 0 unspecified atom stereocenters. The van der Waals surface area contributed by atoms with Gasteiger partial charge in [-0.1, -0.05) is 12.1 Å². The predicted molar refractivity (Wildman–Crippen MR) is 66.1 cm³/mol. The Balaban J connectivity index is 2.43. The third-order valence-corrected chi connectivity index (χ3v) is 2.64. The van der Waals surface area contributed by atoms with Crippen LogP contribution in [0.25, 0.3) is 0 Å². The zero-order valence-electron chi connectivity index (χ0n) is 10.3. The number of benzene rings is 1. The lowest BCUT2D eigenvalue weighted by molar-refractivity contribution is 0.273. The first-order valence-electron chi connectivity index (χ1n) is 5.62. The summed E-state index contributed by atoms with van der Waals surface area (Å²) in [6, 6.07) is 7.95. The fourth-order valence-electron chi connectivity index (χ4n) is 1.74. The molecule has 3 nitrogen and oxygen atoms in total. The van der Waals surface area contributed by atoms with Crippen LogP contribution >= 0.6 is 0 Å². The number of aromatic nitrogens is 1. The Morgan fingerprint density at radius 3 is 2.67 bits per heavy atom. The summed E-state index contributed by atoms with van der Waals surface area (Å²) in [6.45, 7) is 3.49. The van der Waals surface area contributed by atoms with Gasteiger partial charge in [0.25, 0.3) is 0 Å². The number of hydrogen-bond donors (Lipinski definition) is 1. The molecule has 0 bridgehead atoms. The third kappa shape index (κ3) is 2.49. The molecule has 1 heterocycles. The lowest BCUT2D eigenvalue weighted by Gasteiger charge is -2.12. The highest BCUT2D eigenvalue weighted by atomic mass is 19.1. The van der Waals surface area contributed by atoms with E-state index >= 15 is 0 Å². The third-order valence-electron chi connectivity index (χ3n) is 2.64. The van der Waals surface area contributed by atoms with E-state index in [1.165, 1.54) is 12.1 Å². The van der Waals surface area contributed by atoms with Gasteiger partial charge in [-0.3, -0.25) is 0 Å². The van der Waals surface area contributed by atoms with Gasteiger partial charge in [0.15, 0.2) is 11.6 Å². The first kappa shape index (κ1) is 12.5. The molecule has 4 heteroatoms. The van der Waals surface area contributed by atoms with Crippen molar-refractivity contribution in [1.82, 2.24) is 4.98 Å². The molecule has 1 aromatic carbocycles. The fraction of sp³-hybridized carbons (Fsp3) is 0.214. The molecule has 1 N–H and O–H groups in total. The van der Waals surface area contributed by atoms with E-state index < -0.39 is 5.82 Å². The molecular weight excluding hydrogens is 233 g/mol. The number of para-hydroxylation sites is 1. The lowest BCUT2D eigenvalue weighted by Crippen LogP contribution is -2.00. The number of aliphatic hydroxyl groups excluding tert-OH is 1. The van der Waals surface area contributed by atoms with E-state index in [-0.39, 0.29) is 18.2 Å². The van der Waals surface area contributed by atoms with Crippen LogP contribution in [0.4, 0.5) is 4.39 Å². The van der Waals surface area contributed by atoms with Crippen LogP contribution in [0.3, 0.4) is 0 Å². The number of aliphatic hydroxyl groups is 1. The summed E-state index contributed by atoms with van der Waals surface area (Å²) in [5.41, 5.74) is 2.20. The van der Waals surface area contributed by atoms with Crippen LogP contribution in [0.5, 0.6) is 11.6 Å². The second-order valence-electron chi connectivity index (χ2n) is 4.05. The highest BCUT2D eigenvalue weighted by Gasteiger charge is 2.12. The maximum atomic E-state index is 13.5. The SMILES string of the molecule is Cc1cc(C)c(CO)c(Oc2ccccc2F)n1. The van der Waals surface area contributed by atoms with Gasteiger partial charge in [0, 0.05) is 11.3 Å². The highest BCUT2D eigenvalue weighted by molar-refractivity contribution is 5.38. The van der Waals surface area contributed by atoms with E-state index in [2.05, 4.69) is 4.98 Å². The van der Waals surface area contributed by atoms with E-state index in [1.54, 1.807) is 12.1 Å². The summed E-state index contributed by atoms with van der Waals surface area (Å²) >= 11 is 0. The van der Waals surface area contributed by atoms with Gasteiger partial charge in [0.2, 0.25) is 5.88 Å². The van der Waals surface area contributed by atoms with Crippen LogP contribution in [-0.2, 0) is 6.61 Å². The highest BCUT2D eigenvalue weighted by Crippen LogP contribution is 2.27. The minimum Gasteiger partial charge on any atom is -0.436 e. The number of pyridine rings is 1. The number of halogens is 1. The largest absolute Gasteiger partial charge is 0.436 e. The fourth-order valence-corrected chi connectivity index (χ4v) is 1.74. The van der Waals surface area contributed by atoms with E-state index in [1.807, 2.05) is 19.9 Å². The van der Waals surface area contributed by atoms with E-state index in [4.69, 9.17) is 4.74 Å². The molecule has 0 radical (unpaired) electrons. The van der Waals surface area contributed by atoms with Gasteiger partial charge in [0.05, 0.1) is 6.61 Å². The summed E-state index contributed by atoms with van der Waals surface area (Å²) in [6.07, 6.45) is 0. The van der Waals surface area contributed by atoms with Crippen molar-refractivity contribution in [2.24, 2.45) is 0 Å². The molecule has 0 fully saturated rings. The Morgan fingerprint density at radius 1 is 1.28 bits per heavy atom. The molecule has 0 saturated heterocycles. The Hall–Kier alpha value is -1.94. The Morgan fingerprint density at radius 2 is 2.00 bits per heavy atom. The van der Waals surface area contributed by atoms with Crippen molar-refractivity contribution < 1.29 is 14.2 Å². The Labute approximate surface area is 105 Å². The average molecular weight is 247 g/mol. The summed E-state index contributed by atoms with van der Waals surface area (Å²) in [4.78, 5) is 4.19. The van der Waals surface area contributed by atoms with E-state index in [0.29, 0.717) is 5.56 Å². The van der Waals surface area contributed by atoms with Crippen molar-refractivity contribution in [3.8, 4) is 11.6 Å². The number of ether oxygens (including phenoxy) is 1. The number of hydrogen-bond acceptors (Lipinski definition) is 3. The molecule has 18 heavy (non-hydrogen) atoms. The number of nitrogens with zero attached hydrogens (tertiary/aromatic N) is 1. The molecular formula is C14H14FNO2. The topological polar surface area (TPSA) is 42.4 Å². The van der Waals surface area contributed by atoms with Gasteiger partial charge >= 0.3 is 0 Å². The molecule has 0 aliphatic heterocycles. The molecule has 94 valence electrons. The van der Waals surface area contributed by atoms with Crippen molar-refractivity contribution in [1.29, 1.82) is 0 Å². The van der Waals surface area contributed by atoms with Gasteiger partial charge in [-0.05, 0) is 37.6 Å². The van der Waals surface area contributed by atoms with Gasteiger partial charge in [-0.2, -0.15) is 0 Å². The number of aryl methyl sites for hydroxylation is 2. The molecule has 1 aromatic heterocycles. The van der Waals surface area contributed by atoms with Crippen molar-refractivity contribution in [3.05, 3.63) is 53.0 Å². The second-order valence-corrected chi connectivity index (χ2v) is 4.05. The molecule has 0 aliphatic carbocycles.